The average molecular weight is 1860 g/mol. The van der Waals surface area contributed by atoms with E-state index >= 15 is 38.4 Å². The number of hydrogen-bond donors (Lipinski definition) is 13. The number of benzene rings is 6. The number of rotatable bonds is 24. The van der Waals surface area contributed by atoms with Gasteiger partial charge in [0.15, 0.2) is 0 Å². The first-order valence-electron chi connectivity index (χ1n) is 43.2. The van der Waals surface area contributed by atoms with E-state index in [0.29, 0.717) is 46.2 Å². The molecule has 0 saturated carbocycles. The van der Waals surface area contributed by atoms with Crippen molar-refractivity contribution in [3.05, 3.63) is 207 Å². The van der Waals surface area contributed by atoms with E-state index in [9.17, 15) is 48.6 Å². The van der Waals surface area contributed by atoms with Crippen LogP contribution in [0.5, 0.6) is 5.75 Å². The van der Waals surface area contributed by atoms with Gasteiger partial charge in [0.25, 0.3) is 0 Å². The third-order valence-corrected chi connectivity index (χ3v) is 24.6. The molecule has 0 bridgehead atoms. The number of aromatic hydroxyl groups is 1. The van der Waals surface area contributed by atoms with Crippen LogP contribution in [0.15, 0.2) is 163 Å². The Balaban J connectivity index is 1.22. The molecule has 1 fully saturated rings. The van der Waals surface area contributed by atoms with E-state index in [1.54, 1.807) is 148 Å². The molecule has 1 aromatic heterocycles. The second-order valence-corrected chi connectivity index (χ2v) is 35.8. The fraction of sp³-hybridized carbons (Fsp3) is 0.426. The molecule has 11 atom stereocenters. The number of hydrogen-bond acceptors (Lipinski definition) is 20. The van der Waals surface area contributed by atoms with Gasteiger partial charge in [0.2, 0.25) is 88.6 Å². The Hall–Kier alpha value is -12.8. The number of fused-ring (bicyclic) bond motifs is 1. The van der Waals surface area contributed by atoms with Gasteiger partial charge in [0.1, 0.15) is 72.2 Å². The Morgan fingerprint density at radius 3 is 1.57 bits per heavy atom. The van der Waals surface area contributed by atoms with Gasteiger partial charge < -0.3 is 94.0 Å². The molecule has 8 rings (SSSR count). The lowest BCUT2D eigenvalue weighted by molar-refractivity contribution is -0.151. The highest BCUT2D eigenvalue weighted by Gasteiger charge is 2.42. The summed E-state index contributed by atoms with van der Waals surface area (Å²) in [7, 11) is 6.56. The number of phenolic OH excluding ortho intramolecular Hbond substituents is 1. The monoisotopic (exact) mass is 1860 g/mol. The molecule has 131 heavy (non-hydrogen) atoms. The number of thiophene rings is 1. The standard InChI is InChI=1S/C94H119ClN16O18S2/c1-11-12-29-74-92(127)108(7)51-80(115)100-70(47-82(117)118)88(123)106-83(56(4)5)94(129)110(9)75(44-57-22-15-13-16-23-57)89(124)104-71(42-59-31-33-61(48-96)34-32-59)90(125)107(6)50-79(114)99-69(46-63-52-131-77-30-20-19-28-66(63)77)87(122)103-68(41-60-35-37-65(112)38-36-60)86(121)102-67(39-55(2)3)85(120)105-73(84(119)98-49-78(97)113)53-130-54-81(116)101-72(43-62-26-21-27-64(95)40-62)91(126)111(10)76(93(128)109(74)8)45-58-24-17-14-18-25-58/h13-28,30-38,40,52,55-56,67-76,83,112H,11-12,29,39,41-51,53-54,96H2,1-10H3,(H2,97,113)(H,98,119)(H,99,114)(H,100,115)(H,101,116)(H,102,121)(H,103,122)(H,104,124)(H,105,120)(H,106,123)(H,117,118)/t67-,68-,69-,70-,71-,72-,73-,74-,75-,76-,83-/m0/s1. The first-order valence-corrected chi connectivity index (χ1v) is 45.6. The molecular weight excluding hydrogens is 1740 g/mol. The topological polar surface area (TPSA) is 490 Å². The summed E-state index contributed by atoms with van der Waals surface area (Å²) in [5, 5.41) is 47.6. The van der Waals surface area contributed by atoms with Crippen molar-refractivity contribution in [3.8, 4) is 5.75 Å². The summed E-state index contributed by atoms with van der Waals surface area (Å²) in [6.45, 7) is 6.38. The van der Waals surface area contributed by atoms with Crippen molar-refractivity contribution in [2.24, 2.45) is 23.3 Å². The summed E-state index contributed by atoms with van der Waals surface area (Å²) >= 11 is 8.67. The van der Waals surface area contributed by atoms with Gasteiger partial charge in [-0.2, -0.15) is 0 Å². The minimum absolute atomic E-state index is 0.0218. The van der Waals surface area contributed by atoms with Gasteiger partial charge in [0, 0.05) is 95.8 Å². The van der Waals surface area contributed by atoms with Gasteiger partial charge >= 0.3 is 5.97 Å². The number of carboxylic acids is 1. The lowest BCUT2D eigenvalue weighted by Crippen LogP contribution is -2.61. The molecule has 1 aliphatic rings. The van der Waals surface area contributed by atoms with Crippen molar-refractivity contribution in [2.45, 2.75) is 178 Å². The molecule has 0 spiro atoms. The lowest BCUT2D eigenvalue weighted by Gasteiger charge is -2.37. The van der Waals surface area contributed by atoms with Crippen LogP contribution in [0.2, 0.25) is 5.02 Å². The predicted molar refractivity (Wildman–Crippen MR) is 497 cm³/mol. The summed E-state index contributed by atoms with van der Waals surface area (Å²) in [5.41, 5.74) is 15.3. The Kier molecular flexibility index (Phi) is 39.8. The minimum atomic E-state index is -1.90. The van der Waals surface area contributed by atoms with E-state index in [1.807, 2.05) is 25.1 Å². The number of nitrogens with one attached hydrogen (secondary N) is 9. The summed E-state index contributed by atoms with van der Waals surface area (Å²) in [6.07, 6.45) is -1.49. The van der Waals surface area contributed by atoms with Crippen LogP contribution in [-0.4, -0.2) is 262 Å². The van der Waals surface area contributed by atoms with Crippen LogP contribution in [0.4, 0.5) is 0 Å². The highest BCUT2D eigenvalue weighted by molar-refractivity contribution is 8.00. The van der Waals surface area contributed by atoms with Crippen LogP contribution in [0, 0.1) is 11.8 Å². The largest absolute Gasteiger partial charge is 0.508 e. The van der Waals surface area contributed by atoms with Crippen LogP contribution in [0.25, 0.3) is 10.1 Å². The van der Waals surface area contributed by atoms with Gasteiger partial charge in [0.05, 0.1) is 31.8 Å². The van der Waals surface area contributed by atoms with E-state index < -0.39 is 205 Å². The summed E-state index contributed by atoms with van der Waals surface area (Å²) in [5.74, 6) is -17.2. The third kappa shape index (κ3) is 31.5. The first kappa shape index (κ1) is 104. The fourth-order valence-corrected chi connectivity index (χ4v) is 17.1. The van der Waals surface area contributed by atoms with Crippen molar-refractivity contribution in [2.75, 3.05) is 66.4 Å². The van der Waals surface area contributed by atoms with Crippen LogP contribution in [0.3, 0.4) is 0 Å². The second-order valence-electron chi connectivity index (χ2n) is 33.5. The van der Waals surface area contributed by atoms with Crippen molar-refractivity contribution in [3.63, 3.8) is 0 Å². The van der Waals surface area contributed by atoms with E-state index in [-0.39, 0.29) is 74.6 Å². The van der Waals surface area contributed by atoms with Gasteiger partial charge in [-0.05, 0) is 105 Å². The molecule has 0 radical (unpaired) electrons. The summed E-state index contributed by atoms with van der Waals surface area (Å²) in [4.78, 5) is 241. The second kappa shape index (κ2) is 50.4. The molecule has 37 heteroatoms. The molecule has 0 unspecified atom stereocenters. The SMILES string of the molecule is CCCC[C@H]1C(=O)N(C)CC(=O)N[C@@H](CC(=O)O)C(=O)N[C@@H](C(C)C)C(=O)N(C)[C@@H](Cc2ccccc2)C(=O)N[C@@H](Cc2ccc(CN)cc2)C(=O)N(C)CC(=O)N[C@@H](Cc2csc3ccccc23)C(=O)N[C@@H](Cc2ccc(O)cc2)C(=O)N[C@@H](CC(C)C)C(=O)N[C@H](C(=O)NCC(N)=O)CSCC(=O)N[C@@H](Cc2cccc(Cl)c2)C(=O)N(C)[C@@H](Cc2ccccc2)C(=O)N1C. The van der Waals surface area contributed by atoms with E-state index in [4.69, 9.17) is 23.1 Å². The maximum absolute atomic E-state index is 15.6. The molecule has 702 valence electrons. The number of nitrogens with two attached hydrogens (primary N) is 2. The zero-order chi connectivity index (χ0) is 95.9. The first-order chi connectivity index (χ1) is 62.3. The Labute approximate surface area is 774 Å². The van der Waals surface area contributed by atoms with Crippen LogP contribution < -0.4 is 59.3 Å². The number of thioether (sulfide) groups is 1. The molecule has 1 saturated heterocycles. The minimum Gasteiger partial charge on any atom is -0.508 e. The number of carbonyl (C=O) groups is 16. The number of phenols is 1. The molecule has 2 heterocycles. The number of primary amides is 1. The number of halogens is 1. The van der Waals surface area contributed by atoms with Gasteiger partial charge in [-0.15, -0.1) is 23.1 Å². The summed E-state index contributed by atoms with van der Waals surface area (Å²) in [6, 6.07) is 26.6. The van der Waals surface area contributed by atoms with Gasteiger partial charge in [-0.1, -0.05) is 186 Å². The van der Waals surface area contributed by atoms with Crippen molar-refractivity contribution >= 4 is 139 Å². The Morgan fingerprint density at radius 2 is 0.985 bits per heavy atom. The maximum atomic E-state index is 15.6. The third-order valence-electron chi connectivity index (χ3n) is 22.3. The number of carboxylic acid groups (broad SMARTS) is 1. The number of nitrogens with zero attached hydrogens (tertiary/aromatic N) is 5. The lowest BCUT2D eigenvalue weighted by atomic mass is 9.98. The van der Waals surface area contributed by atoms with Crippen LogP contribution in [0.1, 0.15) is 106 Å². The number of amides is 15. The van der Waals surface area contributed by atoms with Crippen LogP contribution >= 0.6 is 34.7 Å². The van der Waals surface area contributed by atoms with E-state index in [1.165, 1.54) is 70.8 Å². The zero-order valence-corrected chi connectivity index (χ0v) is 77.5. The van der Waals surface area contributed by atoms with Crippen molar-refractivity contribution < 1.29 is 86.9 Å². The number of aliphatic carboxylic acids is 1. The molecule has 15 N–H and O–H groups in total. The molecule has 34 nitrogen and oxygen atoms in total. The maximum Gasteiger partial charge on any atom is 0.305 e. The van der Waals surface area contributed by atoms with Crippen LogP contribution in [-0.2, 0) is 122 Å². The zero-order valence-electron chi connectivity index (χ0n) is 75.1. The predicted octanol–water partition coefficient (Wildman–Crippen LogP) is 3.47. The van der Waals surface area contributed by atoms with Crippen molar-refractivity contribution in [1.29, 1.82) is 0 Å². The number of carbonyl (C=O) groups excluding carboxylic acids is 15. The summed E-state index contributed by atoms with van der Waals surface area (Å²) < 4.78 is 0.825. The van der Waals surface area contributed by atoms with Gasteiger partial charge in [-0.25, -0.2) is 0 Å². The molecule has 1 aliphatic heterocycles. The molecule has 6 aromatic carbocycles. The van der Waals surface area contributed by atoms with E-state index in [0.717, 1.165) is 51.9 Å². The molecule has 15 amide bonds. The van der Waals surface area contributed by atoms with E-state index in [2.05, 4.69) is 47.9 Å². The highest BCUT2D eigenvalue weighted by atomic mass is 35.5. The average Bonchev–Trinajstić information content (AvgIpc) is 1.78. The smallest absolute Gasteiger partial charge is 0.305 e. The fourth-order valence-electron chi connectivity index (χ4n) is 15.1. The molecule has 7 aromatic rings. The van der Waals surface area contributed by atoms with Gasteiger partial charge in [-0.3, -0.25) is 76.7 Å². The quantitative estimate of drug-likeness (QED) is 0.0412. The Morgan fingerprint density at radius 1 is 0.496 bits per heavy atom. The Bertz CT molecular complexity index is 5170. The number of unbranched alkanes of at least 4 members (excludes halogenated alkanes) is 1. The number of likely N-dealkylation sites (N-methyl/N-ethyl adjacent to an activating group) is 5. The highest BCUT2D eigenvalue weighted by Crippen LogP contribution is 2.28. The molecular formula is C94H119ClN16O18S2. The normalized spacial score (nSPS) is 21.8. The molecule has 0 aliphatic carbocycles. The van der Waals surface area contributed by atoms with Crippen molar-refractivity contribution in [1.82, 2.24) is 72.4 Å².